The quantitative estimate of drug-likeness (QED) is 0.191. The minimum atomic E-state index is -5.02. The fourth-order valence-electron chi connectivity index (χ4n) is 5.16. The van der Waals surface area contributed by atoms with Crippen LogP contribution >= 0.6 is 0 Å². The van der Waals surface area contributed by atoms with E-state index in [9.17, 15) is 37.1 Å². The van der Waals surface area contributed by atoms with Crippen molar-refractivity contribution in [2.24, 2.45) is 5.92 Å². The molecular weight excluding hydrogens is 594 g/mol. The lowest BCUT2D eigenvalue weighted by Crippen LogP contribution is -2.56. The van der Waals surface area contributed by atoms with E-state index in [1.54, 1.807) is 73.3 Å². The Labute approximate surface area is 258 Å². The Morgan fingerprint density at radius 2 is 1.58 bits per heavy atom. The second kappa shape index (κ2) is 13.7. The molecule has 12 heteroatoms. The minimum absolute atomic E-state index is 0.352. The maximum absolute atomic E-state index is 14.4. The molecule has 1 saturated heterocycles. The number of anilines is 1. The van der Waals surface area contributed by atoms with Crippen molar-refractivity contribution in [3.63, 3.8) is 0 Å². The molecule has 240 valence electrons. The SMILES string of the molecule is CC(C)C(NC(=O)c1cc(OC(F)(F)F)ccc1F)C(=O)N1CCC(C)(Nc2ccc(C(=O)C(O)c3ccccc3)cc2)CC1. The minimum Gasteiger partial charge on any atom is -0.406 e. The maximum atomic E-state index is 14.4. The number of carbonyl (C=O) groups is 3. The molecule has 0 aromatic heterocycles. The average Bonchev–Trinajstić information content (AvgIpc) is 3.00. The van der Waals surface area contributed by atoms with Crippen LogP contribution in [0, 0.1) is 11.7 Å². The van der Waals surface area contributed by atoms with Crippen LogP contribution in [-0.2, 0) is 4.79 Å². The molecule has 0 aliphatic carbocycles. The van der Waals surface area contributed by atoms with E-state index in [4.69, 9.17) is 0 Å². The number of alkyl halides is 3. The number of aliphatic hydroxyl groups is 1. The summed E-state index contributed by atoms with van der Waals surface area (Å²) in [5.41, 5.74) is 0.560. The fraction of sp³-hybridized carbons (Fsp3) is 0.364. The van der Waals surface area contributed by atoms with Crippen molar-refractivity contribution >= 4 is 23.3 Å². The number of benzene rings is 3. The van der Waals surface area contributed by atoms with Gasteiger partial charge in [-0.05, 0) is 73.7 Å². The van der Waals surface area contributed by atoms with Crippen molar-refractivity contribution < 1.29 is 41.8 Å². The molecule has 3 N–H and O–H groups in total. The van der Waals surface area contributed by atoms with Gasteiger partial charge in [-0.3, -0.25) is 14.4 Å². The van der Waals surface area contributed by atoms with Crippen LogP contribution < -0.4 is 15.4 Å². The van der Waals surface area contributed by atoms with Crippen LogP contribution in [0.1, 0.15) is 66.0 Å². The number of piperidine rings is 1. The van der Waals surface area contributed by atoms with Crippen molar-refractivity contribution in [1.82, 2.24) is 10.2 Å². The fourth-order valence-corrected chi connectivity index (χ4v) is 5.16. The molecular formula is C33H35F4N3O5. The zero-order valence-electron chi connectivity index (χ0n) is 25.0. The predicted octanol–water partition coefficient (Wildman–Crippen LogP) is 5.89. The molecule has 1 heterocycles. The number of ether oxygens (including phenoxy) is 1. The molecule has 1 aliphatic rings. The summed E-state index contributed by atoms with van der Waals surface area (Å²) >= 11 is 0. The summed E-state index contributed by atoms with van der Waals surface area (Å²) in [6.45, 7) is 6.11. The van der Waals surface area contributed by atoms with Gasteiger partial charge in [0, 0.05) is 29.9 Å². The van der Waals surface area contributed by atoms with Gasteiger partial charge in [-0.2, -0.15) is 0 Å². The van der Waals surface area contributed by atoms with E-state index in [1.807, 2.05) is 6.92 Å². The van der Waals surface area contributed by atoms with E-state index in [-0.39, 0.29) is 5.91 Å². The van der Waals surface area contributed by atoms with Crippen LogP contribution in [-0.4, -0.2) is 58.6 Å². The Morgan fingerprint density at radius 3 is 2.16 bits per heavy atom. The second-order valence-corrected chi connectivity index (χ2v) is 11.7. The molecule has 0 radical (unpaired) electrons. The smallest absolute Gasteiger partial charge is 0.406 e. The van der Waals surface area contributed by atoms with Crippen LogP contribution in [0.3, 0.4) is 0 Å². The summed E-state index contributed by atoms with van der Waals surface area (Å²) in [4.78, 5) is 40.6. The number of amides is 2. The summed E-state index contributed by atoms with van der Waals surface area (Å²) in [5, 5.41) is 16.4. The van der Waals surface area contributed by atoms with Crippen molar-refractivity contribution in [3.05, 3.63) is 95.3 Å². The van der Waals surface area contributed by atoms with Crippen molar-refractivity contribution in [1.29, 1.82) is 0 Å². The molecule has 2 atom stereocenters. The molecule has 3 aromatic rings. The first-order valence-electron chi connectivity index (χ1n) is 14.5. The van der Waals surface area contributed by atoms with E-state index < -0.39 is 58.8 Å². The first-order valence-corrected chi connectivity index (χ1v) is 14.5. The normalized spacial score (nSPS) is 16.1. The number of carbonyl (C=O) groups excluding carboxylic acids is 3. The molecule has 1 aliphatic heterocycles. The number of nitrogens with zero attached hydrogens (tertiary/aromatic N) is 1. The maximum Gasteiger partial charge on any atom is 0.573 e. The summed E-state index contributed by atoms with van der Waals surface area (Å²) < 4.78 is 56.0. The van der Waals surface area contributed by atoms with Crippen LogP contribution in [0.2, 0.25) is 0 Å². The summed E-state index contributed by atoms with van der Waals surface area (Å²) in [6, 6.07) is 16.5. The number of hydrogen-bond acceptors (Lipinski definition) is 6. The van der Waals surface area contributed by atoms with E-state index in [0.29, 0.717) is 49.2 Å². The molecule has 0 saturated carbocycles. The van der Waals surface area contributed by atoms with Gasteiger partial charge >= 0.3 is 6.36 Å². The van der Waals surface area contributed by atoms with Gasteiger partial charge in [0.1, 0.15) is 23.7 Å². The van der Waals surface area contributed by atoms with Crippen molar-refractivity contribution in [3.8, 4) is 5.75 Å². The molecule has 45 heavy (non-hydrogen) atoms. The topological polar surface area (TPSA) is 108 Å². The van der Waals surface area contributed by atoms with Crippen LogP contribution in [0.4, 0.5) is 23.2 Å². The van der Waals surface area contributed by atoms with E-state index in [1.165, 1.54) is 0 Å². The number of likely N-dealkylation sites (tertiary alicyclic amines) is 1. The molecule has 2 amide bonds. The van der Waals surface area contributed by atoms with Gasteiger partial charge < -0.3 is 25.4 Å². The third-order valence-corrected chi connectivity index (χ3v) is 7.79. The highest BCUT2D eigenvalue weighted by atomic mass is 19.4. The Morgan fingerprint density at radius 1 is 0.956 bits per heavy atom. The number of ketones is 1. The Hall–Kier alpha value is -4.45. The lowest BCUT2D eigenvalue weighted by molar-refractivity contribution is -0.274. The molecule has 0 bridgehead atoms. The van der Waals surface area contributed by atoms with Crippen molar-refractivity contribution in [2.75, 3.05) is 18.4 Å². The van der Waals surface area contributed by atoms with Gasteiger partial charge in [0.2, 0.25) is 5.91 Å². The number of Topliss-reactive ketones (excluding diaryl/α,β-unsaturated/α-hetero) is 1. The molecule has 4 rings (SSSR count). The monoisotopic (exact) mass is 629 g/mol. The van der Waals surface area contributed by atoms with Gasteiger partial charge in [0.15, 0.2) is 5.78 Å². The number of rotatable bonds is 10. The highest BCUT2D eigenvalue weighted by Crippen LogP contribution is 2.29. The molecule has 3 aromatic carbocycles. The highest BCUT2D eigenvalue weighted by Gasteiger charge is 2.36. The Bertz CT molecular complexity index is 1500. The van der Waals surface area contributed by atoms with E-state index in [2.05, 4.69) is 15.4 Å². The van der Waals surface area contributed by atoms with Gasteiger partial charge in [0.05, 0.1) is 5.56 Å². The second-order valence-electron chi connectivity index (χ2n) is 11.7. The number of hydrogen-bond donors (Lipinski definition) is 3. The summed E-state index contributed by atoms with van der Waals surface area (Å²) in [7, 11) is 0. The van der Waals surface area contributed by atoms with Gasteiger partial charge in [-0.15, -0.1) is 13.2 Å². The largest absolute Gasteiger partial charge is 0.573 e. The third-order valence-electron chi connectivity index (χ3n) is 7.79. The lowest BCUT2D eigenvalue weighted by Gasteiger charge is -2.42. The van der Waals surface area contributed by atoms with Crippen LogP contribution in [0.5, 0.6) is 5.75 Å². The Balaban J connectivity index is 1.35. The molecule has 8 nitrogen and oxygen atoms in total. The highest BCUT2D eigenvalue weighted by molar-refractivity contribution is 6.00. The first kappa shape index (κ1) is 33.4. The van der Waals surface area contributed by atoms with Gasteiger partial charge in [0.25, 0.3) is 5.91 Å². The zero-order chi connectivity index (χ0) is 32.9. The standard InChI is InChI=1S/C33H35F4N3O5/c1-20(2)27(38-30(43)25-19-24(13-14-26(25)34)45-33(35,36)37)31(44)40-17-15-32(3,16-18-40)39-23-11-9-22(10-12-23)29(42)28(41)21-7-5-4-6-8-21/h4-14,19-20,27-28,39,41H,15-18H2,1-3H3,(H,38,43). The predicted molar refractivity (Wildman–Crippen MR) is 159 cm³/mol. The van der Waals surface area contributed by atoms with E-state index in [0.717, 1.165) is 11.8 Å². The Kier molecular flexibility index (Phi) is 10.2. The zero-order valence-corrected chi connectivity index (χ0v) is 25.0. The van der Waals surface area contributed by atoms with Crippen LogP contribution in [0.25, 0.3) is 0 Å². The molecule has 1 fully saturated rings. The van der Waals surface area contributed by atoms with Gasteiger partial charge in [-0.25, -0.2) is 4.39 Å². The summed E-state index contributed by atoms with van der Waals surface area (Å²) in [5.74, 6) is -4.04. The van der Waals surface area contributed by atoms with Crippen molar-refractivity contribution in [2.45, 2.75) is 57.7 Å². The molecule has 0 spiro atoms. The summed E-state index contributed by atoms with van der Waals surface area (Å²) in [6.07, 6.45) is -5.18. The number of aliphatic hydroxyl groups excluding tert-OH is 1. The number of nitrogens with one attached hydrogen (secondary N) is 2. The lowest BCUT2D eigenvalue weighted by atomic mass is 9.88. The van der Waals surface area contributed by atoms with E-state index >= 15 is 0 Å². The molecule has 2 unspecified atom stereocenters. The average molecular weight is 630 g/mol. The van der Waals surface area contributed by atoms with Gasteiger partial charge in [-0.1, -0.05) is 44.2 Å². The third kappa shape index (κ3) is 8.59. The number of halogens is 4. The first-order chi connectivity index (χ1) is 21.2. The van der Waals surface area contributed by atoms with Crippen LogP contribution in [0.15, 0.2) is 72.8 Å².